The van der Waals surface area contributed by atoms with Crippen molar-refractivity contribution in [2.75, 3.05) is 0 Å². The van der Waals surface area contributed by atoms with E-state index in [1.807, 2.05) is 19.1 Å². The number of nitrogens with two attached hydrogens (primary N) is 1. The first-order chi connectivity index (χ1) is 15.8. The number of benzene rings is 1. The second-order valence-corrected chi connectivity index (χ2v) is 9.20. The molecule has 0 radical (unpaired) electrons. The molecule has 34 heavy (non-hydrogen) atoms. The van der Waals surface area contributed by atoms with Gasteiger partial charge in [-0.15, -0.1) is 0 Å². The zero-order valence-electron chi connectivity index (χ0n) is 20.8. The number of hydrogen-bond acceptors (Lipinski definition) is 5. The first kappa shape index (κ1) is 28.5. The van der Waals surface area contributed by atoms with Gasteiger partial charge in [0.15, 0.2) is 0 Å². The Labute approximate surface area is 201 Å². The minimum absolute atomic E-state index is 0.112. The van der Waals surface area contributed by atoms with Gasteiger partial charge in [-0.25, -0.2) is 4.79 Å². The van der Waals surface area contributed by atoms with E-state index in [9.17, 15) is 19.2 Å². The van der Waals surface area contributed by atoms with E-state index < -0.39 is 41.5 Å². The summed E-state index contributed by atoms with van der Waals surface area (Å²) in [5.41, 5.74) is 6.00. The second-order valence-electron chi connectivity index (χ2n) is 9.20. The van der Waals surface area contributed by atoms with Crippen molar-refractivity contribution in [1.82, 2.24) is 15.5 Å². The van der Waals surface area contributed by atoms with E-state index >= 15 is 0 Å². The first-order valence-corrected chi connectivity index (χ1v) is 11.2. The van der Waals surface area contributed by atoms with Crippen LogP contribution in [0.25, 0.3) is 0 Å². The molecule has 4 N–H and O–H groups in total. The Morgan fingerprint density at radius 3 is 2.15 bits per heavy atom. The fourth-order valence-electron chi connectivity index (χ4n) is 3.14. The number of alkyl carbamates (subject to hydrolysis) is 1. The molecule has 1 rings (SSSR count). The lowest BCUT2D eigenvalue weighted by Crippen LogP contribution is -2.52. The van der Waals surface area contributed by atoms with Crippen molar-refractivity contribution in [3.05, 3.63) is 35.4 Å². The lowest BCUT2D eigenvalue weighted by Gasteiger charge is -2.31. The smallest absolute Gasteiger partial charge is 0.408 e. The summed E-state index contributed by atoms with van der Waals surface area (Å²) in [5.74, 6) is -1.87. The molecule has 4 amide bonds. The average Bonchev–Trinajstić information content (AvgIpc) is 2.72. The molecule has 0 aliphatic rings. The molecule has 9 nitrogen and oxygen atoms in total. The molecule has 0 heterocycles. The normalized spacial score (nSPS) is 12.8. The van der Waals surface area contributed by atoms with Crippen LogP contribution in [0.1, 0.15) is 71.6 Å². The van der Waals surface area contributed by atoms with Crippen molar-refractivity contribution in [1.29, 1.82) is 0 Å². The highest BCUT2D eigenvalue weighted by Crippen LogP contribution is 2.23. The number of hydrogen-bond donors (Lipinski definition) is 3. The topological polar surface area (TPSA) is 131 Å². The summed E-state index contributed by atoms with van der Waals surface area (Å²) in [6.07, 6.45) is 5.35. The number of carbonyl (C=O) groups is 4. The maximum absolute atomic E-state index is 13.5. The Kier molecular flexibility index (Phi) is 10.6. The lowest BCUT2D eigenvalue weighted by molar-refractivity contribution is -0.139. The molecule has 2 atom stereocenters. The minimum Gasteiger partial charge on any atom is -0.444 e. The van der Waals surface area contributed by atoms with Crippen LogP contribution in [0.5, 0.6) is 0 Å². The van der Waals surface area contributed by atoms with Crippen molar-refractivity contribution in [3.63, 3.8) is 0 Å². The van der Waals surface area contributed by atoms with Crippen molar-refractivity contribution in [2.24, 2.45) is 5.73 Å². The third-order valence-corrected chi connectivity index (χ3v) is 4.69. The fourth-order valence-corrected chi connectivity index (χ4v) is 3.14. The van der Waals surface area contributed by atoms with E-state index in [-0.39, 0.29) is 18.9 Å². The molecule has 0 saturated carbocycles. The molecule has 2 unspecified atom stereocenters. The summed E-state index contributed by atoms with van der Waals surface area (Å²) in [4.78, 5) is 51.3. The number of rotatable bonds is 10. The van der Waals surface area contributed by atoms with Crippen LogP contribution in [-0.4, -0.2) is 46.4 Å². The van der Waals surface area contributed by atoms with E-state index in [1.165, 1.54) is 0 Å². The number of ether oxygens (including phenoxy) is 1. The van der Waals surface area contributed by atoms with Gasteiger partial charge in [0, 0.05) is 18.5 Å². The van der Waals surface area contributed by atoms with Crippen LogP contribution in [0.4, 0.5) is 4.79 Å². The summed E-state index contributed by atoms with van der Waals surface area (Å²) in [6.45, 7) is 10.6. The van der Waals surface area contributed by atoms with E-state index in [0.29, 0.717) is 5.56 Å². The predicted molar refractivity (Wildman–Crippen MR) is 129 cm³/mol. The molecule has 9 heteroatoms. The molecule has 0 aliphatic carbocycles. The number of aryl methyl sites for hydroxylation is 1. The van der Waals surface area contributed by atoms with E-state index in [4.69, 9.17) is 16.9 Å². The van der Waals surface area contributed by atoms with Crippen molar-refractivity contribution >= 4 is 23.8 Å². The molecule has 0 fully saturated rings. The van der Waals surface area contributed by atoms with Crippen LogP contribution in [0.2, 0.25) is 0 Å². The Bertz CT molecular complexity index is 913. The van der Waals surface area contributed by atoms with Crippen molar-refractivity contribution in [2.45, 2.75) is 84.5 Å². The molecular formula is C25H36N4O5. The molecule has 0 saturated heterocycles. The Balaban J connectivity index is 3.37. The number of carbonyl (C=O) groups excluding carboxylic acids is 4. The van der Waals surface area contributed by atoms with E-state index in [0.717, 1.165) is 16.9 Å². The summed E-state index contributed by atoms with van der Waals surface area (Å²) in [5, 5.41) is 5.25. The van der Waals surface area contributed by atoms with Gasteiger partial charge in [-0.05, 0) is 58.6 Å². The van der Waals surface area contributed by atoms with Crippen LogP contribution in [0.15, 0.2) is 24.3 Å². The fraction of sp³-hybridized carbons (Fsp3) is 0.520. The van der Waals surface area contributed by atoms with Gasteiger partial charge < -0.3 is 21.1 Å². The Hall–Kier alpha value is -3.54. The minimum atomic E-state index is -1.23. The van der Waals surface area contributed by atoms with Crippen molar-refractivity contribution < 1.29 is 23.9 Å². The van der Waals surface area contributed by atoms with Gasteiger partial charge in [0.1, 0.15) is 17.7 Å². The summed E-state index contributed by atoms with van der Waals surface area (Å²) >= 11 is 0. The molecule has 1 aromatic carbocycles. The molecule has 186 valence electrons. The number of nitrogens with one attached hydrogen (secondary N) is 2. The number of terminal acetylenes is 1. The highest BCUT2D eigenvalue weighted by atomic mass is 16.6. The molecule has 0 aromatic heterocycles. The van der Waals surface area contributed by atoms with Gasteiger partial charge in [0.05, 0.1) is 0 Å². The maximum atomic E-state index is 13.5. The van der Waals surface area contributed by atoms with Gasteiger partial charge in [0.2, 0.25) is 11.8 Å². The van der Waals surface area contributed by atoms with Crippen LogP contribution in [0, 0.1) is 12.5 Å². The third kappa shape index (κ3) is 9.14. The molecule has 0 bridgehead atoms. The van der Waals surface area contributed by atoms with Crippen LogP contribution in [-0.2, 0) is 25.5 Å². The second kappa shape index (κ2) is 12.6. The van der Waals surface area contributed by atoms with E-state index in [2.05, 4.69) is 16.7 Å². The quantitative estimate of drug-likeness (QED) is 0.355. The van der Waals surface area contributed by atoms with E-state index in [1.54, 1.807) is 46.8 Å². The zero-order valence-corrected chi connectivity index (χ0v) is 20.8. The largest absolute Gasteiger partial charge is 0.444 e. The SMILES string of the molecule is C#CN(C(=O)C(CCC(N)=O)NC(=O)OC(C)(C)C)C(C(=O)NC(C)C)c1ccc(CC)cc1. The Morgan fingerprint density at radius 2 is 1.71 bits per heavy atom. The maximum Gasteiger partial charge on any atom is 0.408 e. The standard InChI is InChI=1S/C25H36N4O5/c1-8-17-10-12-18(13-11-17)21(22(31)27-16(3)4)29(9-2)23(32)19(14-15-20(26)30)28-24(33)34-25(5,6)7/h2,10-13,16,19,21H,8,14-15H2,1,3-7H3,(H2,26,30)(H,27,31)(H,28,33). The van der Waals surface area contributed by atoms with Crippen LogP contribution in [0.3, 0.4) is 0 Å². The predicted octanol–water partition coefficient (Wildman–Crippen LogP) is 2.39. The Morgan fingerprint density at radius 1 is 1.12 bits per heavy atom. The van der Waals surface area contributed by atoms with Crippen LogP contribution >= 0.6 is 0 Å². The number of nitrogens with zero attached hydrogens (tertiary/aromatic N) is 1. The summed E-state index contributed by atoms with van der Waals surface area (Å²) < 4.78 is 5.24. The van der Waals surface area contributed by atoms with Gasteiger partial charge >= 0.3 is 6.09 Å². The molecule has 1 aromatic rings. The third-order valence-electron chi connectivity index (χ3n) is 4.69. The molecule has 0 aliphatic heterocycles. The zero-order chi connectivity index (χ0) is 26.1. The monoisotopic (exact) mass is 472 g/mol. The van der Waals surface area contributed by atoms with Crippen LogP contribution < -0.4 is 16.4 Å². The molecular weight excluding hydrogens is 436 g/mol. The van der Waals surface area contributed by atoms with Gasteiger partial charge in [-0.2, -0.15) is 0 Å². The lowest BCUT2D eigenvalue weighted by atomic mass is 10.00. The summed E-state index contributed by atoms with van der Waals surface area (Å²) in [7, 11) is 0. The highest BCUT2D eigenvalue weighted by molar-refractivity contribution is 5.93. The van der Waals surface area contributed by atoms with Gasteiger partial charge in [-0.3, -0.25) is 19.3 Å². The van der Waals surface area contributed by atoms with Gasteiger partial charge in [-0.1, -0.05) is 37.6 Å². The van der Waals surface area contributed by atoms with Crippen molar-refractivity contribution in [3.8, 4) is 12.5 Å². The number of amides is 4. The first-order valence-electron chi connectivity index (χ1n) is 11.2. The summed E-state index contributed by atoms with van der Waals surface area (Å²) in [6, 6.07) is 6.88. The number of primary amides is 1. The van der Waals surface area contributed by atoms with Gasteiger partial charge in [0.25, 0.3) is 5.91 Å². The average molecular weight is 473 g/mol. The highest BCUT2D eigenvalue weighted by Gasteiger charge is 2.36. The molecule has 0 spiro atoms.